The monoisotopic (exact) mass is 545 g/mol. The molecule has 1 aromatic rings. The molecular weight excluding hydrogens is 506 g/mol. The van der Waals surface area contributed by atoms with Gasteiger partial charge in [0.05, 0.1) is 49.1 Å². The number of aliphatic hydroxyl groups is 1. The summed E-state index contributed by atoms with van der Waals surface area (Å²) in [5, 5.41) is 13.6. The molecule has 0 aromatic heterocycles. The van der Waals surface area contributed by atoms with E-state index in [9.17, 15) is 19.5 Å². The summed E-state index contributed by atoms with van der Waals surface area (Å²) in [6.45, 7) is 7.97. The van der Waals surface area contributed by atoms with Crippen LogP contribution in [0.1, 0.15) is 32.3 Å². The molecule has 38 heavy (non-hydrogen) atoms. The van der Waals surface area contributed by atoms with Gasteiger partial charge in [-0.15, -0.1) is 11.8 Å². The average molecular weight is 546 g/mol. The van der Waals surface area contributed by atoms with Gasteiger partial charge in [-0.05, 0) is 38.7 Å². The highest BCUT2D eigenvalue weighted by Gasteiger charge is 2.78. The number of hydrogen-bond acceptors (Lipinski definition) is 8. The van der Waals surface area contributed by atoms with E-state index in [1.165, 1.54) is 0 Å². The molecule has 4 aliphatic rings. The number of benzene rings is 1. The van der Waals surface area contributed by atoms with Crippen molar-refractivity contribution >= 4 is 29.5 Å². The first kappa shape index (κ1) is 27.4. The molecular formula is C28H39N3O6S. The van der Waals surface area contributed by atoms with Crippen LogP contribution in [0.2, 0.25) is 0 Å². The SMILES string of the molecule is CCOC(=O)[C@H]1[C@H]2C(=O)N([C@@H](CO)Cc3ccccc3)C(C(=O)NCCN3CCOCC3)C23CC[C@]1(C)S3. The Labute approximate surface area is 228 Å². The number of fused-ring (bicyclic) bond motifs is 1. The van der Waals surface area contributed by atoms with Gasteiger partial charge in [0.1, 0.15) is 6.04 Å². The lowest BCUT2D eigenvalue weighted by Crippen LogP contribution is -2.57. The lowest BCUT2D eigenvalue weighted by molar-refractivity contribution is -0.155. The Hall–Kier alpha value is -2.14. The second kappa shape index (κ2) is 11.2. The first-order valence-electron chi connectivity index (χ1n) is 13.8. The molecule has 4 saturated heterocycles. The lowest BCUT2D eigenvalue weighted by Gasteiger charge is -2.37. The van der Waals surface area contributed by atoms with E-state index in [1.807, 2.05) is 37.3 Å². The third-order valence-corrected chi connectivity index (χ3v) is 10.7. The average Bonchev–Trinajstić information content (AvgIpc) is 3.49. The number of aliphatic hydroxyl groups excluding tert-OH is 1. The van der Waals surface area contributed by atoms with Gasteiger partial charge < -0.3 is 24.8 Å². The predicted octanol–water partition coefficient (Wildman–Crippen LogP) is 1.08. The van der Waals surface area contributed by atoms with E-state index < -0.39 is 33.4 Å². The van der Waals surface area contributed by atoms with Crippen LogP contribution in [0.25, 0.3) is 0 Å². The Balaban J connectivity index is 1.45. The van der Waals surface area contributed by atoms with Gasteiger partial charge in [-0.25, -0.2) is 0 Å². The number of ether oxygens (including phenoxy) is 2. The number of likely N-dealkylation sites (tertiary alicyclic amines) is 1. The number of carbonyl (C=O) groups is 3. The maximum absolute atomic E-state index is 14.3. The summed E-state index contributed by atoms with van der Waals surface area (Å²) in [6.07, 6.45) is 1.83. The van der Waals surface area contributed by atoms with Crippen LogP contribution in [0.4, 0.5) is 0 Å². The van der Waals surface area contributed by atoms with Crippen LogP contribution in [0.15, 0.2) is 30.3 Å². The summed E-state index contributed by atoms with van der Waals surface area (Å²) >= 11 is 1.62. The van der Waals surface area contributed by atoms with Crippen molar-refractivity contribution in [3.63, 3.8) is 0 Å². The molecule has 6 atom stereocenters. The number of esters is 1. The van der Waals surface area contributed by atoms with Crippen molar-refractivity contribution in [3.05, 3.63) is 35.9 Å². The summed E-state index contributed by atoms with van der Waals surface area (Å²) in [7, 11) is 0. The molecule has 5 rings (SSSR count). The second-order valence-corrected chi connectivity index (χ2v) is 12.9. The lowest BCUT2D eigenvalue weighted by atomic mass is 9.66. The van der Waals surface area contributed by atoms with Crippen LogP contribution in [-0.2, 0) is 30.3 Å². The topological polar surface area (TPSA) is 108 Å². The summed E-state index contributed by atoms with van der Waals surface area (Å²) < 4.78 is 9.69. The van der Waals surface area contributed by atoms with Crippen LogP contribution < -0.4 is 5.32 Å². The molecule has 1 aromatic carbocycles. The fourth-order valence-corrected chi connectivity index (χ4v) is 9.37. The smallest absolute Gasteiger partial charge is 0.311 e. The Morgan fingerprint density at radius 2 is 1.97 bits per heavy atom. The van der Waals surface area contributed by atoms with Crippen molar-refractivity contribution in [1.82, 2.24) is 15.1 Å². The molecule has 4 aliphatic heterocycles. The molecule has 2 amide bonds. The highest BCUT2D eigenvalue weighted by molar-refractivity contribution is 8.02. The Kier molecular flexibility index (Phi) is 8.05. The minimum atomic E-state index is -0.767. The van der Waals surface area contributed by atoms with Crippen molar-refractivity contribution < 1.29 is 29.0 Å². The minimum Gasteiger partial charge on any atom is -0.466 e. The van der Waals surface area contributed by atoms with Gasteiger partial charge in [0.25, 0.3) is 0 Å². The summed E-state index contributed by atoms with van der Waals surface area (Å²) in [5.74, 6) is -2.05. The molecule has 2 N–H and O–H groups in total. The van der Waals surface area contributed by atoms with Gasteiger partial charge in [-0.3, -0.25) is 19.3 Å². The zero-order chi connectivity index (χ0) is 26.9. The molecule has 1 spiro atoms. The van der Waals surface area contributed by atoms with E-state index in [0.717, 1.165) is 25.1 Å². The molecule has 208 valence electrons. The van der Waals surface area contributed by atoms with Crippen molar-refractivity contribution in [3.8, 4) is 0 Å². The molecule has 2 unspecified atom stereocenters. The number of carbonyl (C=O) groups excluding carboxylic acids is 3. The minimum absolute atomic E-state index is 0.207. The van der Waals surface area contributed by atoms with E-state index in [2.05, 4.69) is 10.2 Å². The first-order chi connectivity index (χ1) is 18.3. The molecule has 0 radical (unpaired) electrons. The maximum atomic E-state index is 14.3. The number of nitrogens with zero attached hydrogens (tertiary/aromatic N) is 2. The first-order valence-corrected chi connectivity index (χ1v) is 14.6. The molecule has 4 fully saturated rings. The largest absolute Gasteiger partial charge is 0.466 e. The highest BCUT2D eigenvalue weighted by atomic mass is 32.2. The third-order valence-electron chi connectivity index (χ3n) is 8.75. The Morgan fingerprint density at radius 1 is 1.24 bits per heavy atom. The van der Waals surface area contributed by atoms with Crippen LogP contribution in [-0.4, -0.2) is 107 Å². The Bertz CT molecular complexity index is 1040. The van der Waals surface area contributed by atoms with E-state index in [0.29, 0.717) is 39.1 Å². The van der Waals surface area contributed by atoms with E-state index in [1.54, 1.807) is 23.6 Å². The molecule has 0 saturated carbocycles. The van der Waals surface area contributed by atoms with E-state index in [-0.39, 0.29) is 31.0 Å². The zero-order valence-corrected chi connectivity index (χ0v) is 23.1. The Morgan fingerprint density at radius 3 is 2.66 bits per heavy atom. The summed E-state index contributed by atoms with van der Waals surface area (Å²) in [6, 6.07) is 8.35. The fraction of sp³-hybridized carbons (Fsp3) is 0.679. The molecule has 9 nitrogen and oxygen atoms in total. The van der Waals surface area contributed by atoms with Gasteiger partial charge in [0, 0.05) is 30.9 Å². The number of thioether (sulfide) groups is 1. The fourth-order valence-electron chi connectivity index (χ4n) is 7.04. The maximum Gasteiger partial charge on any atom is 0.311 e. The van der Waals surface area contributed by atoms with Gasteiger partial charge in [0.15, 0.2) is 0 Å². The zero-order valence-electron chi connectivity index (χ0n) is 22.3. The summed E-state index contributed by atoms with van der Waals surface area (Å²) in [5.41, 5.74) is 0.978. The van der Waals surface area contributed by atoms with Gasteiger partial charge in [-0.1, -0.05) is 30.3 Å². The standard InChI is InChI=1S/C28H39N3O6S/c1-3-37-26(35)22-21-25(34)31(20(18-32)17-19-7-5-4-6-8-19)23(28(21)10-9-27(22,2)38-28)24(33)29-11-12-30-13-15-36-16-14-30/h4-8,20-23,32H,3,9-18H2,1-2H3,(H,29,33)/t20-,21+,22-,23?,27+,28?/m1/s1. The van der Waals surface area contributed by atoms with Crippen LogP contribution >= 0.6 is 11.8 Å². The van der Waals surface area contributed by atoms with Gasteiger partial charge >= 0.3 is 5.97 Å². The number of rotatable bonds is 10. The van der Waals surface area contributed by atoms with Crippen molar-refractivity contribution in [2.45, 2.75) is 54.7 Å². The number of hydrogen-bond donors (Lipinski definition) is 2. The van der Waals surface area contributed by atoms with Crippen molar-refractivity contribution in [2.24, 2.45) is 11.8 Å². The second-order valence-electron chi connectivity index (χ2n) is 11.0. The number of nitrogens with one attached hydrogen (secondary N) is 1. The molecule has 4 heterocycles. The predicted molar refractivity (Wildman–Crippen MR) is 143 cm³/mol. The van der Waals surface area contributed by atoms with Gasteiger partial charge in [0.2, 0.25) is 11.8 Å². The molecule has 10 heteroatoms. The molecule has 2 bridgehead atoms. The van der Waals surface area contributed by atoms with Crippen LogP contribution in [0.5, 0.6) is 0 Å². The van der Waals surface area contributed by atoms with Gasteiger partial charge in [-0.2, -0.15) is 0 Å². The normalized spacial score (nSPS) is 33.3. The van der Waals surface area contributed by atoms with E-state index >= 15 is 0 Å². The summed E-state index contributed by atoms with van der Waals surface area (Å²) in [4.78, 5) is 45.3. The number of morpholine rings is 1. The highest BCUT2D eigenvalue weighted by Crippen LogP contribution is 2.71. The van der Waals surface area contributed by atoms with E-state index in [4.69, 9.17) is 9.47 Å². The van der Waals surface area contributed by atoms with Crippen LogP contribution in [0.3, 0.4) is 0 Å². The molecule has 0 aliphatic carbocycles. The number of amides is 2. The third kappa shape index (κ3) is 4.74. The van der Waals surface area contributed by atoms with Crippen molar-refractivity contribution in [1.29, 1.82) is 0 Å². The van der Waals surface area contributed by atoms with Crippen molar-refractivity contribution in [2.75, 3.05) is 52.6 Å². The van der Waals surface area contributed by atoms with Crippen LogP contribution in [0, 0.1) is 11.8 Å². The quantitative estimate of drug-likeness (QED) is 0.421.